The number of rotatable bonds is 2. The molecule has 2 aromatic rings. The minimum atomic E-state index is -0.499. The fourth-order valence-electron chi connectivity index (χ4n) is 1.48. The minimum Gasteiger partial charge on any atom is -0.338 e. The van der Waals surface area contributed by atoms with Gasteiger partial charge in [-0.3, -0.25) is 4.79 Å². The summed E-state index contributed by atoms with van der Waals surface area (Å²) in [6.45, 7) is 1.62. The predicted molar refractivity (Wildman–Crippen MR) is 62.3 cm³/mol. The second kappa shape index (κ2) is 4.37. The molecular formula is C12H12FN3O. The SMILES string of the molecule is Cc1cccc(C(=O)Nc2cn(C)cn2)c1F. The molecule has 4 nitrogen and oxygen atoms in total. The molecule has 1 N–H and O–H groups in total. The first kappa shape index (κ1) is 11.3. The van der Waals surface area contributed by atoms with E-state index in [9.17, 15) is 9.18 Å². The Morgan fingerprint density at radius 3 is 2.88 bits per heavy atom. The van der Waals surface area contributed by atoms with Crippen LogP contribution in [0.2, 0.25) is 0 Å². The van der Waals surface area contributed by atoms with Gasteiger partial charge >= 0.3 is 0 Å². The van der Waals surface area contributed by atoms with Crippen LogP contribution >= 0.6 is 0 Å². The largest absolute Gasteiger partial charge is 0.338 e. The van der Waals surface area contributed by atoms with Crippen LogP contribution in [0.5, 0.6) is 0 Å². The average molecular weight is 233 g/mol. The van der Waals surface area contributed by atoms with Gasteiger partial charge in [-0.2, -0.15) is 0 Å². The van der Waals surface area contributed by atoms with Gasteiger partial charge < -0.3 is 9.88 Å². The van der Waals surface area contributed by atoms with E-state index in [0.717, 1.165) is 0 Å². The summed E-state index contributed by atoms with van der Waals surface area (Å²) in [5.41, 5.74) is 0.467. The molecule has 0 atom stereocenters. The van der Waals surface area contributed by atoms with Crippen molar-refractivity contribution < 1.29 is 9.18 Å². The first-order chi connectivity index (χ1) is 8.08. The lowest BCUT2D eigenvalue weighted by atomic mass is 10.1. The first-order valence-corrected chi connectivity index (χ1v) is 5.12. The van der Waals surface area contributed by atoms with Crippen molar-refractivity contribution in [3.05, 3.63) is 47.7 Å². The number of carbonyl (C=O) groups excluding carboxylic acids is 1. The second-order valence-corrected chi connectivity index (χ2v) is 3.81. The Morgan fingerprint density at radius 1 is 1.47 bits per heavy atom. The quantitative estimate of drug-likeness (QED) is 0.863. The highest BCUT2D eigenvalue weighted by Gasteiger charge is 2.13. The Balaban J connectivity index is 2.23. The van der Waals surface area contributed by atoms with Crippen molar-refractivity contribution in [2.75, 3.05) is 5.32 Å². The number of aromatic nitrogens is 2. The molecule has 0 saturated heterocycles. The third kappa shape index (κ3) is 2.33. The molecule has 5 heteroatoms. The number of nitrogens with one attached hydrogen (secondary N) is 1. The first-order valence-electron chi connectivity index (χ1n) is 5.12. The lowest BCUT2D eigenvalue weighted by Crippen LogP contribution is -2.14. The summed E-state index contributed by atoms with van der Waals surface area (Å²) < 4.78 is 15.4. The zero-order valence-corrected chi connectivity index (χ0v) is 9.57. The van der Waals surface area contributed by atoms with Crippen LogP contribution < -0.4 is 5.32 Å². The smallest absolute Gasteiger partial charge is 0.259 e. The van der Waals surface area contributed by atoms with Crippen LogP contribution in [0.25, 0.3) is 0 Å². The summed E-state index contributed by atoms with van der Waals surface area (Å²) in [5, 5.41) is 2.54. The van der Waals surface area contributed by atoms with Gasteiger partial charge in [-0.25, -0.2) is 9.37 Å². The van der Waals surface area contributed by atoms with E-state index in [1.54, 1.807) is 43.2 Å². The molecule has 0 unspecified atom stereocenters. The van der Waals surface area contributed by atoms with Gasteiger partial charge in [0.2, 0.25) is 0 Å². The molecule has 0 saturated carbocycles. The van der Waals surface area contributed by atoms with Crippen molar-refractivity contribution in [1.82, 2.24) is 9.55 Å². The summed E-state index contributed by atoms with van der Waals surface area (Å²) >= 11 is 0. The van der Waals surface area contributed by atoms with Crippen LogP contribution in [0.1, 0.15) is 15.9 Å². The van der Waals surface area contributed by atoms with Gasteiger partial charge in [0, 0.05) is 13.2 Å². The monoisotopic (exact) mass is 233 g/mol. The van der Waals surface area contributed by atoms with Crippen LogP contribution in [0, 0.1) is 12.7 Å². The molecule has 1 aromatic heterocycles. The number of anilines is 1. The number of hydrogen-bond acceptors (Lipinski definition) is 2. The Morgan fingerprint density at radius 2 is 2.24 bits per heavy atom. The maximum Gasteiger partial charge on any atom is 0.259 e. The fraction of sp³-hybridized carbons (Fsp3) is 0.167. The molecule has 17 heavy (non-hydrogen) atoms. The Kier molecular flexibility index (Phi) is 2.91. The number of hydrogen-bond donors (Lipinski definition) is 1. The van der Waals surface area contributed by atoms with E-state index in [1.807, 2.05) is 0 Å². The third-order valence-electron chi connectivity index (χ3n) is 2.38. The molecule has 0 bridgehead atoms. The highest BCUT2D eigenvalue weighted by molar-refractivity contribution is 6.04. The summed E-state index contributed by atoms with van der Waals surface area (Å²) in [7, 11) is 1.79. The van der Waals surface area contributed by atoms with Crippen molar-refractivity contribution in [3.63, 3.8) is 0 Å². The molecule has 0 aliphatic heterocycles. The number of halogens is 1. The van der Waals surface area contributed by atoms with E-state index in [1.165, 1.54) is 6.07 Å². The maximum atomic E-state index is 13.7. The number of benzene rings is 1. The molecule has 0 radical (unpaired) electrons. The van der Waals surface area contributed by atoms with Gasteiger partial charge in [0.25, 0.3) is 5.91 Å². The van der Waals surface area contributed by atoms with E-state index in [-0.39, 0.29) is 5.56 Å². The van der Waals surface area contributed by atoms with Gasteiger partial charge in [0.1, 0.15) is 5.82 Å². The number of nitrogens with zero attached hydrogens (tertiary/aromatic N) is 2. The van der Waals surface area contributed by atoms with E-state index >= 15 is 0 Å². The predicted octanol–water partition coefficient (Wildman–Crippen LogP) is 2.12. The summed E-state index contributed by atoms with van der Waals surface area (Å²) in [6.07, 6.45) is 3.20. The molecule has 0 aliphatic carbocycles. The molecule has 0 spiro atoms. The molecule has 1 amide bonds. The standard InChI is InChI=1S/C12H12FN3O/c1-8-4-3-5-9(11(8)13)12(17)15-10-6-16(2)7-14-10/h3-7H,1-2H3,(H,15,17). The van der Waals surface area contributed by atoms with Crippen molar-refractivity contribution in [2.45, 2.75) is 6.92 Å². The minimum absolute atomic E-state index is 0.0238. The number of amides is 1. The van der Waals surface area contributed by atoms with Gasteiger partial charge in [-0.05, 0) is 18.6 Å². The fourth-order valence-corrected chi connectivity index (χ4v) is 1.48. The van der Waals surface area contributed by atoms with Crippen LogP contribution in [-0.2, 0) is 7.05 Å². The van der Waals surface area contributed by atoms with Crippen LogP contribution in [0.3, 0.4) is 0 Å². The lowest BCUT2D eigenvalue weighted by molar-refractivity contribution is 0.102. The number of imidazole rings is 1. The molecule has 0 fully saturated rings. The van der Waals surface area contributed by atoms with Gasteiger partial charge in [0.05, 0.1) is 11.9 Å². The van der Waals surface area contributed by atoms with E-state index in [4.69, 9.17) is 0 Å². The van der Waals surface area contributed by atoms with E-state index in [0.29, 0.717) is 11.4 Å². The lowest BCUT2D eigenvalue weighted by Gasteiger charge is -2.04. The molecule has 1 heterocycles. The van der Waals surface area contributed by atoms with Crippen LogP contribution in [0.15, 0.2) is 30.7 Å². The molecular weight excluding hydrogens is 221 g/mol. The van der Waals surface area contributed by atoms with Crippen molar-refractivity contribution in [1.29, 1.82) is 0 Å². The normalized spacial score (nSPS) is 10.3. The molecule has 88 valence electrons. The number of aryl methyl sites for hydroxylation is 2. The van der Waals surface area contributed by atoms with Crippen molar-refractivity contribution >= 4 is 11.7 Å². The van der Waals surface area contributed by atoms with Crippen molar-refractivity contribution in [2.24, 2.45) is 7.05 Å². The molecule has 0 aliphatic rings. The summed E-state index contributed by atoms with van der Waals surface area (Å²) in [4.78, 5) is 15.7. The number of carbonyl (C=O) groups is 1. The van der Waals surface area contributed by atoms with Gasteiger partial charge in [-0.15, -0.1) is 0 Å². The van der Waals surface area contributed by atoms with Gasteiger partial charge in [-0.1, -0.05) is 12.1 Å². The topological polar surface area (TPSA) is 46.9 Å². The maximum absolute atomic E-state index is 13.7. The summed E-state index contributed by atoms with van der Waals surface area (Å²) in [6, 6.07) is 4.71. The van der Waals surface area contributed by atoms with Gasteiger partial charge in [0.15, 0.2) is 5.82 Å². The zero-order chi connectivity index (χ0) is 12.4. The van der Waals surface area contributed by atoms with E-state index < -0.39 is 11.7 Å². The Hall–Kier alpha value is -2.17. The Bertz CT molecular complexity index is 563. The summed E-state index contributed by atoms with van der Waals surface area (Å²) in [5.74, 6) is -0.593. The van der Waals surface area contributed by atoms with Crippen molar-refractivity contribution in [3.8, 4) is 0 Å². The molecule has 1 aromatic carbocycles. The average Bonchev–Trinajstić information content (AvgIpc) is 2.68. The highest BCUT2D eigenvalue weighted by atomic mass is 19.1. The van der Waals surface area contributed by atoms with Crippen LogP contribution in [0.4, 0.5) is 10.2 Å². The Labute approximate surface area is 98.1 Å². The second-order valence-electron chi connectivity index (χ2n) is 3.81. The third-order valence-corrected chi connectivity index (χ3v) is 2.38. The zero-order valence-electron chi connectivity index (χ0n) is 9.57. The highest BCUT2D eigenvalue weighted by Crippen LogP contribution is 2.13. The van der Waals surface area contributed by atoms with Crippen LogP contribution in [-0.4, -0.2) is 15.5 Å². The van der Waals surface area contributed by atoms with E-state index in [2.05, 4.69) is 10.3 Å². The molecule has 2 rings (SSSR count).